The van der Waals surface area contributed by atoms with Crippen molar-refractivity contribution in [2.75, 3.05) is 5.32 Å². The van der Waals surface area contributed by atoms with Crippen LogP contribution in [0.1, 0.15) is 0 Å². The Morgan fingerprint density at radius 2 is 2.04 bits per heavy atom. The van der Waals surface area contributed by atoms with Crippen molar-refractivity contribution in [3.63, 3.8) is 0 Å². The second-order valence-electron chi connectivity index (χ2n) is 4.59. The van der Waals surface area contributed by atoms with Crippen molar-refractivity contribution in [1.82, 2.24) is 9.97 Å². The van der Waals surface area contributed by atoms with Crippen LogP contribution in [0.2, 0.25) is 5.02 Å². The molecule has 0 saturated carbocycles. The Morgan fingerprint density at radius 3 is 2.74 bits per heavy atom. The summed E-state index contributed by atoms with van der Waals surface area (Å²) in [5, 5.41) is 23.7. The maximum Gasteiger partial charge on any atom is 0.311 e. The summed E-state index contributed by atoms with van der Waals surface area (Å²) in [5.74, 6) is -0.789. The van der Waals surface area contributed by atoms with Gasteiger partial charge in [0.25, 0.3) is 0 Å². The molecule has 0 radical (unpaired) electrons. The Hall–Kier alpha value is -3.00. The summed E-state index contributed by atoms with van der Waals surface area (Å²) in [7, 11) is 0. The molecule has 0 aliphatic heterocycles. The van der Waals surface area contributed by atoms with Crippen LogP contribution in [0.3, 0.4) is 0 Å². The highest BCUT2D eigenvalue weighted by atomic mass is 35.5. The number of hydrogen-bond acceptors (Lipinski definition) is 6. The van der Waals surface area contributed by atoms with Crippen LogP contribution in [0.4, 0.5) is 21.6 Å². The van der Waals surface area contributed by atoms with Crippen LogP contribution in [0.15, 0.2) is 36.7 Å². The molecule has 23 heavy (non-hydrogen) atoms. The number of benzene rings is 2. The van der Waals surface area contributed by atoms with Crippen molar-refractivity contribution < 1.29 is 14.4 Å². The maximum atomic E-state index is 13.2. The minimum absolute atomic E-state index is 0.0722. The molecule has 1 heterocycles. The topological polar surface area (TPSA) is 101 Å². The summed E-state index contributed by atoms with van der Waals surface area (Å²) in [4.78, 5) is 18.2. The molecule has 0 aliphatic rings. The highest BCUT2D eigenvalue weighted by Gasteiger charge is 2.17. The fourth-order valence-corrected chi connectivity index (χ4v) is 2.22. The van der Waals surface area contributed by atoms with Crippen LogP contribution in [-0.4, -0.2) is 20.0 Å². The second kappa shape index (κ2) is 5.65. The van der Waals surface area contributed by atoms with E-state index in [1.807, 2.05) is 0 Å². The highest BCUT2D eigenvalue weighted by Crippen LogP contribution is 2.33. The third-order valence-electron chi connectivity index (χ3n) is 3.11. The van der Waals surface area contributed by atoms with Gasteiger partial charge >= 0.3 is 5.69 Å². The fraction of sp³-hybridized carbons (Fsp3) is 0. The van der Waals surface area contributed by atoms with Gasteiger partial charge in [-0.1, -0.05) is 11.6 Å². The number of nitrogens with zero attached hydrogens (tertiary/aromatic N) is 3. The van der Waals surface area contributed by atoms with Gasteiger partial charge < -0.3 is 10.4 Å². The molecule has 3 rings (SSSR count). The average molecular weight is 335 g/mol. The molecule has 7 nitrogen and oxygen atoms in total. The van der Waals surface area contributed by atoms with Crippen molar-refractivity contribution in [2.45, 2.75) is 0 Å². The summed E-state index contributed by atoms with van der Waals surface area (Å²) in [5.41, 5.74) is 0.304. The lowest BCUT2D eigenvalue weighted by Gasteiger charge is -2.09. The number of aromatic nitrogens is 2. The minimum Gasteiger partial charge on any atom is -0.502 e. The Bertz CT molecular complexity index is 935. The molecule has 1 aromatic heterocycles. The zero-order valence-electron chi connectivity index (χ0n) is 11.3. The minimum atomic E-state index is -0.708. The first-order valence-corrected chi connectivity index (χ1v) is 6.67. The van der Waals surface area contributed by atoms with Gasteiger partial charge in [0.2, 0.25) is 0 Å². The van der Waals surface area contributed by atoms with E-state index in [2.05, 4.69) is 15.3 Å². The maximum absolute atomic E-state index is 13.2. The van der Waals surface area contributed by atoms with E-state index in [-0.39, 0.29) is 10.8 Å². The van der Waals surface area contributed by atoms with Gasteiger partial charge in [0.1, 0.15) is 18.0 Å². The van der Waals surface area contributed by atoms with Gasteiger partial charge in [0.15, 0.2) is 5.75 Å². The van der Waals surface area contributed by atoms with Crippen molar-refractivity contribution in [3.8, 4) is 5.75 Å². The molecule has 116 valence electrons. The molecular formula is C14H8ClFN4O3. The van der Waals surface area contributed by atoms with Gasteiger partial charge in [0, 0.05) is 17.8 Å². The molecule has 9 heteroatoms. The third kappa shape index (κ3) is 2.84. The first-order chi connectivity index (χ1) is 11.0. The van der Waals surface area contributed by atoms with E-state index >= 15 is 0 Å². The van der Waals surface area contributed by atoms with Gasteiger partial charge in [-0.2, -0.15) is 0 Å². The Labute approximate surface area is 133 Å². The molecule has 0 fully saturated rings. The largest absolute Gasteiger partial charge is 0.502 e. The van der Waals surface area contributed by atoms with Gasteiger partial charge in [-0.3, -0.25) is 10.1 Å². The quantitative estimate of drug-likeness (QED) is 0.558. The van der Waals surface area contributed by atoms with Crippen molar-refractivity contribution in [1.29, 1.82) is 0 Å². The fourth-order valence-electron chi connectivity index (χ4n) is 2.04. The predicted molar refractivity (Wildman–Crippen MR) is 82.5 cm³/mol. The van der Waals surface area contributed by atoms with Crippen LogP contribution in [0, 0.1) is 15.9 Å². The number of hydrogen-bond donors (Lipinski definition) is 2. The monoisotopic (exact) mass is 334 g/mol. The van der Waals surface area contributed by atoms with Gasteiger partial charge in [-0.15, -0.1) is 0 Å². The first kappa shape index (κ1) is 14.9. The Kier molecular flexibility index (Phi) is 3.67. The zero-order valence-corrected chi connectivity index (χ0v) is 12.1. The number of rotatable bonds is 3. The lowest BCUT2D eigenvalue weighted by atomic mass is 10.2. The van der Waals surface area contributed by atoms with Gasteiger partial charge in [0.05, 0.1) is 20.8 Å². The van der Waals surface area contributed by atoms with Crippen LogP contribution in [0.25, 0.3) is 10.9 Å². The van der Waals surface area contributed by atoms with E-state index in [9.17, 15) is 19.6 Å². The van der Waals surface area contributed by atoms with Crippen molar-refractivity contribution >= 4 is 39.7 Å². The summed E-state index contributed by atoms with van der Waals surface area (Å²) in [6, 6.07) is 6.34. The van der Waals surface area contributed by atoms with Crippen LogP contribution >= 0.6 is 11.6 Å². The van der Waals surface area contributed by atoms with Crippen LogP contribution in [-0.2, 0) is 0 Å². The number of anilines is 2. The van der Waals surface area contributed by atoms with E-state index in [4.69, 9.17) is 11.6 Å². The van der Waals surface area contributed by atoms with Crippen molar-refractivity contribution in [2.24, 2.45) is 0 Å². The van der Waals surface area contributed by atoms with Crippen LogP contribution in [0.5, 0.6) is 5.75 Å². The zero-order chi connectivity index (χ0) is 16.6. The van der Waals surface area contributed by atoms with Crippen LogP contribution < -0.4 is 5.32 Å². The van der Waals surface area contributed by atoms with E-state index in [1.54, 1.807) is 0 Å². The summed E-state index contributed by atoms with van der Waals surface area (Å²) in [6.45, 7) is 0. The smallest absolute Gasteiger partial charge is 0.311 e. The molecule has 0 amide bonds. The van der Waals surface area contributed by atoms with Crippen molar-refractivity contribution in [3.05, 3.63) is 57.6 Å². The molecule has 0 aliphatic carbocycles. The lowest BCUT2D eigenvalue weighted by molar-refractivity contribution is -0.385. The molecule has 0 unspecified atom stereocenters. The summed E-state index contributed by atoms with van der Waals surface area (Å²) < 4.78 is 13.2. The normalized spacial score (nSPS) is 10.7. The number of halogens is 2. The predicted octanol–water partition coefficient (Wildman–Crippen LogP) is 3.78. The number of nitro benzene ring substituents is 1. The number of fused-ring (bicyclic) bond motifs is 1. The molecule has 3 aromatic rings. The molecular weight excluding hydrogens is 327 g/mol. The first-order valence-electron chi connectivity index (χ1n) is 6.30. The summed E-state index contributed by atoms with van der Waals surface area (Å²) >= 11 is 5.72. The SMILES string of the molecule is O=[N+]([O-])c1cc2c(Nc3ccc(F)c(Cl)c3)ncnc2cc1O. The van der Waals surface area contributed by atoms with E-state index in [0.717, 1.165) is 6.07 Å². The standard InChI is InChI=1S/C14H8ClFN4O3/c15-9-3-7(1-2-10(9)16)19-14-8-4-12(20(22)23)13(21)5-11(8)17-6-18-14/h1-6,21H,(H,17,18,19). The Balaban J connectivity index is 2.11. The number of aromatic hydroxyl groups is 1. The third-order valence-corrected chi connectivity index (χ3v) is 3.40. The summed E-state index contributed by atoms with van der Waals surface area (Å²) in [6.07, 6.45) is 1.24. The average Bonchev–Trinajstić information content (AvgIpc) is 2.50. The molecule has 2 N–H and O–H groups in total. The Morgan fingerprint density at radius 1 is 1.26 bits per heavy atom. The molecule has 2 aromatic carbocycles. The molecule has 0 saturated heterocycles. The molecule has 0 bridgehead atoms. The highest BCUT2D eigenvalue weighted by molar-refractivity contribution is 6.31. The van der Waals surface area contributed by atoms with E-state index in [0.29, 0.717) is 16.6 Å². The number of nitrogens with one attached hydrogen (secondary N) is 1. The molecule has 0 spiro atoms. The van der Waals surface area contributed by atoms with Gasteiger partial charge in [-0.05, 0) is 18.2 Å². The lowest BCUT2D eigenvalue weighted by Crippen LogP contribution is -1.97. The van der Waals surface area contributed by atoms with Gasteiger partial charge in [-0.25, -0.2) is 14.4 Å². The van der Waals surface area contributed by atoms with E-state index in [1.165, 1.54) is 30.6 Å². The molecule has 0 atom stereocenters. The second-order valence-corrected chi connectivity index (χ2v) is 5.00. The number of phenols is 1. The number of nitro groups is 1. The number of phenolic OH excluding ortho intramolecular Hbond substituents is 1. The van der Waals surface area contributed by atoms with E-state index < -0.39 is 22.2 Å².